The van der Waals surface area contributed by atoms with Crippen LogP contribution in [-0.2, 0) is 21.4 Å². The SMILES string of the molecule is COc1ccc(S(=O)(=O)N[C@@H](CC(C)C)C(=O)NCc2ccc(C)cc2)cc1. The van der Waals surface area contributed by atoms with Gasteiger partial charge in [0, 0.05) is 6.54 Å². The Balaban J connectivity index is 2.10. The van der Waals surface area contributed by atoms with Gasteiger partial charge in [-0.05, 0) is 49.1 Å². The second kappa shape index (κ2) is 9.71. The predicted molar refractivity (Wildman–Crippen MR) is 110 cm³/mol. The van der Waals surface area contributed by atoms with Gasteiger partial charge in [0.15, 0.2) is 0 Å². The number of hydrogen-bond acceptors (Lipinski definition) is 4. The average Bonchev–Trinajstić information content (AvgIpc) is 2.66. The summed E-state index contributed by atoms with van der Waals surface area (Å²) in [6.07, 6.45) is 0.398. The van der Waals surface area contributed by atoms with Gasteiger partial charge < -0.3 is 10.1 Å². The summed E-state index contributed by atoms with van der Waals surface area (Å²) >= 11 is 0. The quantitative estimate of drug-likeness (QED) is 0.673. The van der Waals surface area contributed by atoms with Crippen molar-refractivity contribution in [2.45, 2.75) is 44.7 Å². The summed E-state index contributed by atoms with van der Waals surface area (Å²) in [6, 6.07) is 13.0. The standard InChI is InChI=1S/C21H28N2O4S/c1-15(2)13-20(21(24)22-14-17-7-5-16(3)6-8-17)23-28(25,26)19-11-9-18(27-4)10-12-19/h5-12,15,20,23H,13-14H2,1-4H3,(H,22,24)/t20-/m0/s1. The number of hydrogen-bond donors (Lipinski definition) is 2. The third-order valence-corrected chi connectivity index (χ3v) is 5.77. The van der Waals surface area contributed by atoms with Gasteiger partial charge in [-0.2, -0.15) is 4.72 Å². The molecule has 0 fully saturated rings. The molecule has 152 valence electrons. The second-order valence-electron chi connectivity index (χ2n) is 7.18. The Bertz CT molecular complexity index is 876. The van der Waals surface area contributed by atoms with Gasteiger partial charge in [-0.3, -0.25) is 4.79 Å². The summed E-state index contributed by atoms with van der Waals surface area (Å²) in [6.45, 7) is 6.23. The number of ether oxygens (including phenoxy) is 1. The summed E-state index contributed by atoms with van der Waals surface area (Å²) in [5, 5.41) is 2.83. The van der Waals surface area contributed by atoms with Crippen molar-refractivity contribution in [3.8, 4) is 5.75 Å². The van der Waals surface area contributed by atoms with Crippen LogP contribution in [0.25, 0.3) is 0 Å². The highest BCUT2D eigenvalue weighted by Crippen LogP contribution is 2.17. The first-order chi connectivity index (χ1) is 13.2. The molecule has 1 atom stereocenters. The molecule has 6 nitrogen and oxygen atoms in total. The number of methoxy groups -OCH3 is 1. The Kier molecular flexibility index (Phi) is 7.60. The van der Waals surface area contributed by atoms with Gasteiger partial charge in [-0.15, -0.1) is 0 Å². The predicted octanol–water partition coefficient (Wildman–Crippen LogP) is 3.01. The Morgan fingerprint density at radius 3 is 2.18 bits per heavy atom. The van der Waals surface area contributed by atoms with Crippen molar-refractivity contribution >= 4 is 15.9 Å². The zero-order chi connectivity index (χ0) is 20.7. The molecule has 0 unspecified atom stereocenters. The smallest absolute Gasteiger partial charge is 0.241 e. The molecule has 0 radical (unpaired) electrons. The van der Waals surface area contributed by atoms with E-state index in [2.05, 4.69) is 10.0 Å². The van der Waals surface area contributed by atoms with Gasteiger partial charge in [-0.25, -0.2) is 8.42 Å². The Morgan fingerprint density at radius 1 is 1.04 bits per heavy atom. The fourth-order valence-electron chi connectivity index (χ4n) is 2.71. The highest BCUT2D eigenvalue weighted by molar-refractivity contribution is 7.89. The van der Waals surface area contributed by atoms with Crippen molar-refractivity contribution in [3.63, 3.8) is 0 Å². The number of carbonyl (C=O) groups is 1. The van der Waals surface area contributed by atoms with Gasteiger partial charge in [0.2, 0.25) is 15.9 Å². The van der Waals surface area contributed by atoms with Crippen LogP contribution in [0.3, 0.4) is 0 Å². The van der Waals surface area contributed by atoms with Gasteiger partial charge >= 0.3 is 0 Å². The number of sulfonamides is 1. The van der Waals surface area contributed by atoms with E-state index in [-0.39, 0.29) is 16.7 Å². The molecule has 0 saturated carbocycles. The first-order valence-corrected chi connectivity index (χ1v) is 10.7. The molecule has 0 aliphatic carbocycles. The largest absolute Gasteiger partial charge is 0.497 e. The highest BCUT2D eigenvalue weighted by Gasteiger charge is 2.26. The molecule has 2 rings (SSSR count). The van der Waals surface area contributed by atoms with Crippen LogP contribution in [0.4, 0.5) is 0 Å². The van der Waals surface area contributed by atoms with E-state index in [0.29, 0.717) is 18.7 Å². The van der Waals surface area contributed by atoms with Crippen LogP contribution < -0.4 is 14.8 Å². The molecule has 0 aliphatic heterocycles. The minimum absolute atomic E-state index is 0.0911. The maximum Gasteiger partial charge on any atom is 0.241 e. The Morgan fingerprint density at radius 2 is 1.64 bits per heavy atom. The van der Waals surface area contributed by atoms with Gasteiger partial charge in [0.25, 0.3) is 0 Å². The lowest BCUT2D eigenvalue weighted by molar-refractivity contribution is -0.123. The Labute approximate surface area is 167 Å². The molecule has 2 aromatic rings. The van der Waals surface area contributed by atoms with Crippen molar-refractivity contribution in [3.05, 3.63) is 59.7 Å². The molecule has 28 heavy (non-hydrogen) atoms. The summed E-state index contributed by atoms with van der Waals surface area (Å²) in [4.78, 5) is 12.8. The monoisotopic (exact) mass is 404 g/mol. The van der Waals surface area contributed by atoms with Crippen molar-refractivity contribution in [2.24, 2.45) is 5.92 Å². The maximum absolute atomic E-state index is 12.7. The first kappa shape index (κ1) is 21.9. The van der Waals surface area contributed by atoms with Crippen LogP contribution in [0.15, 0.2) is 53.4 Å². The van der Waals surface area contributed by atoms with Crippen molar-refractivity contribution in [2.75, 3.05) is 7.11 Å². The molecule has 7 heteroatoms. The minimum Gasteiger partial charge on any atom is -0.497 e. The molecular formula is C21H28N2O4S. The molecule has 0 heterocycles. The highest BCUT2D eigenvalue weighted by atomic mass is 32.2. The summed E-state index contributed by atoms with van der Waals surface area (Å²) in [5.74, 6) is 0.369. The molecule has 1 amide bonds. The first-order valence-electron chi connectivity index (χ1n) is 9.21. The van der Waals surface area contributed by atoms with E-state index in [0.717, 1.165) is 11.1 Å². The van der Waals surface area contributed by atoms with E-state index in [1.54, 1.807) is 12.1 Å². The molecule has 2 aromatic carbocycles. The van der Waals surface area contributed by atoms with Crippen molar-refractivity contribution in [1.82, 2.24) is 10.0 Å². The minimum atomic E-state index is -3.83. The Hall–Kier alpha value is -2.38. The van der Waals surface area contributed by atoms with E-state index in [9.17, 15) is 13.2 Å². The zero-order valence-corrected chi connectivity index (χ0v) is 17.5. The number of benzene rings is 2. The molecule has 0 saturated heterocycles. The van der Waals surface area contributed by atoms with E-state index < -0.39 is 16.1 Å². The van der Waals surface area contributed by atoms with Crippen molar-refractivity contribution in [1.29, 1.82) is 0 Å². The number of carbonyl (C=O) groups excluding carboxylic acids is 1. The average molecular weight is 405 g/mol. The fraction of sp³-hybridized carbons (Fsp3) is 0.381. The van der Waals surface area contributed by atoms with E-state index in [1.165, 1.54) is 19.2 Å². The fourth-order valence-corrected chi connectivity index (χ4v) is 3.92. The third kappa shape index (κ3) is 6.35. The van der Waals surface area contributed by atoms with Gasteiger partial charge in [-0.1, -0.05) is 43.7 Å². The lowest BCUT2D eigenvalue weighted by atomic mass is 10.0. The second-order valence-corrected chi connectivity index (χ2v) is 8.90. The van der Waals surface area contributed by atoms with Crippen LogP contribution >= 0.6 is 0 Å². The van der Waals surface area contributed by atoms with Gasteiger partial charge in [0.1, 0.15) is 11.8 Å². The molecule has 0 spiro atoms. The molecular weight excluding hydrogens is 376 g/mol. The van der Waals surface area contributed by atoms with E-state index in [1.807, 2.05) is 45.0 Å². The van der Waals surface area contributed by atoms with Crippen LogP contribution in [-0.4, -0.2) is 27.5 Å². The number of nitrogens with one attached hydrogen (secondary N) is 2. The third-order valence-electron chi connectivity index (χ3n) is 4.28. The molecule has 0 aliphatic rings. The van der Waals surface area contributed by atoms with Crippen LogP contribution in [0.2, 0.25) is 0 Å². The maximum atomic E-state index is 12.7. The number of rotatable bonds is 9. The summed E-state index contributed by atoms with van der Waals surface area (Å²) < 4.78 is 33.0. The molecule has 2 N–H and O–H groups in total. The van der Waals surface area contributed by atoms with Crippen LogP contribution in [0.1, 0.15) is 31.4 Å². The lowest BCUT2D eigenvalue weighted by Gasteiger charge is -2.20. The van der Waals surface area contributed by atoms with E-state index in [4.69, 9.17) is 4.74 Å². The lowest BCUT2D eigenvalue weighted by Crippen LogP contribution is -2.47. The van der Waals surface area contributed by atoms with E-state index >= 15 is 0 Å². The molecule has 0 aromatic heterocycles. The molecule has 0 bridgehead atoms. The topological polar surface area (TPSA) is 84.5 Å². The number of amides is 1. The van der Waals surface area contributed by atoms with Crippen molar-refractivity contribution < 1.29 is 17.9 Å². The van der Waals surface area contributed by atoms with Crippen LogP contribution in [0.5, 0.6) is 5.75 Å². The van der Waals surface area contributed by atoms with Gasteiger partial charge in [0.05, 0.1) is 12.0 Å². The number of aryl methyl sites for hydroxylation is 1. The normalized spacial score (nSPS) is 12.6. The summed E-state index contributed by atoms with van der Waals surface area (Å²) in [7, 11) is -2.32. The zero-order valence-electron chi connectivity index (χ0n) is 16.7. The van der Waals surface area contributed by atoms with Crippen LogP contribution in [0, 0.1) is 12.8 Å². The summed E-state index contributed by atoms with van der Waals surface area (Å²) in [5.41, 5.74) is 2.10.